The summed E-state index contributed by atoms with van der Waals surface area (Å²) < 4.78 is 0. The van der Waals surface area contributed by atoms with Crippen LogP contribution in [0.5, 0.6) is 0 Å². The summed E-state index contributed by atoms with van der Waals surface area (Å²) in [6.07, 6.45) is 3.32. The maximum absolute atomic E-state index is 11.8. The Bertz CT molecular complexity index is 376. The number of carbonyl (C=O) groups excluding carboxylic acids is 1. The van der Waals surface area contributed by atoms with Crippen molar-refractivity contribution in [2.45, 2.75) is 25.7 Å². The molecule has 0 aromatic heterocycles. The summed E-state index contributed by atoms with van der Waals surface area (Å²) in [6.45, 7) is 0.931. The lowest BCUT2D eigenvalue weighted by atomic mass is 10.0. The molecule has 1 aliphatic rings. The fourth-order valence-electron chi connectivity index (χ4n) is 2.17. The van der Waals surface area contributed by atoms with Gasteiger partial charge in [0.2, 0.25) is 5.91 Å². The van der Waals surface area contributed by atoms with Crippen molar-refractivity contribution in [1.29, 1.82) is 0 Å². The van der Waals surface area contributed by atoms with Crippen molar-refractivity contribution in [2.24, 2.45) is 0 Å². The molecule has 1 aliphatic heterocycles. The van der Waals surface area contributed by atoms with Crippen molar-refractivity contribution < 1.29 is 9.90 Å². The number of amides is 1. The predicted octanol–water partition coefficient (Wildman–Crippen LogP) is 1.74. The average molecular weight is 219 g/mol. The van der Waals surface area contributed by atoms with E-state index in [2.05, 4.69) is 0 Å². The highest BCUT2D eigenvalue weighted by atomic mass is 16.3. The molecule has 3 nitrogen and oxygen atoms in total. The molecule has 16 heavy (non-hydrogen) atoms. The van der Waals surface area contributed by atoms with Crippen LogP contribution in [0.1, 0.15) is 24.8 Å². The Morgan fingerprint density at radius 1 is 1.25 bits per heavy atom. The van der Waals surface area contributed by atoms with Gasteiger partial charge in [-0.25, -0.2) is 0 Å². The summed E-state index contributed by atoms with van der Waals surface area (Å²) in [4.78, 5) is 13.7. The SMILES string of the molecule is O=C1CCCCN1c1ccccc1CCO. The van der Waals surface area contributed by atoms with Crippen LogP contribution < -0.4 is 4.90 Å². The van der Waals surface area contributed by atoms with Crippen molar-refractivity contribution in [3.63, 3.8) is 0 Å². The van der Waals surface area contributed by atoms with E-state index in [0.717, 1.165) is 30.6 Å². The summed E-state index contributed by atoms with van der Waals surface area (Å²) in [5.41, 5.74) is 2.03. The molecule has 86 valence electrons. The first-order valence-corrected chi connectivity index (χ1v) is 5.82. The van der Waals surface area contributed by atoms with E-state index in [1.807, 2.05) is 29.2 Å². The molecule has 1 fully saturated rings. The maximum atomic E-state index is 11.8. The molecular weight excluding hydrogens is 202 g/mol. The predicted molar refractivity (Wildman–Crippen MR) is 63.4 cm³/mol. The molecule has 0 spiro atoms. The number of piperidine rings is 1. The second-order valence-corrected chi connectivity index (χ2v) is 4.10. The Kier molecular flexibility index (Phi) is 3.57. The number of para-hydroxylation sites is 1. The lowest BCUT2D eigenvalue weighted by Gasteiger charge is -2.28. The van der Waals surface area contributed by atoms with Gasteiger partial charge in [0.05, 0.1) is 0 Å². The number of aliphatic hydroxyl groups excluding tert-OH is 1. The van der Waals surface area contributed by atoms with Crippen LogP contribution in [0.15, 0.2) is 24.3 Å². The van der Waals surface area contributed by atoms with Gasteiger partial charge in [-0.15, -0.1) is 0 Å². The largest absolute Gasteiger partial charge is 0.396 e. The first-order valence-electron chi connectivity index (χ1n) is 5.82. The Hall–Kier alpha value is -1.35. The highest BCUT2D eigenvalue weighted by Gasteiger charge is 2.21. The zero-order valence-corrected chi connectivity index (χ0v) is 9.35. The molecule has 1 amide bonds. The summed E-state index contributed by atoms with van der Waals surface area (Å²) >= 11 is 0. The van der Waals surface area contributed by atoms with Crippen LogP contribution in [0.25, 0.3) is 0 Å². The standard InChI is InChI=1S/C13H17NO2/c15-10-8-11-5-1-2-6-12(11)14-9-4-3-7-13(14)16/h1-2,5-6,15H,3-4,7-10H2. The van der Waals surface area contributed by atoms with Gasteiger partial charge in [0.15, 0.2) is 0 Å². The number of nitrogens with zero attached hydrogens (tertiary/aromatic N) is 1. The van der Waals surface area contributed by atoms with Gasteiger partial charge in [-0.1, -0.05) is 18.2 Å². The molecule has 0 atom stereocenters. The molecular formula is C13H17NO2. The van der Waals surface area contributed by atoms with E-state index in [0.29, 0.717) is 12.8 Å². The maximum Gasteiger partial charge on any atom is 0.226 e. The zero-order chi connectivity index (χ0) is 11.4. The van der Waals surface area contributed by atoms with Gasteiger partial charge in [0, 0.05) is 25.3 Å². The van der Waals surface area contributed by atoms with E-state index in [4.69, 9.17) is 5.11 Å². The van der Waals surface area contributed by atoms with E-state index in [1.54, 1.807) is 0 Å². The van der Waals surface area contributed by atoms with Gasteiger partial charge < -0.3 is 10.0 Å². The van der Waals surface area contributed by atoms with Crippen LogP contribution in [0.3, 0.4) is 0 Å². The zero-order valence-electron chi connectivity index (χ0n) is 9.35. The normalized spacial score (nSPS) is 16.6. The van der Waals surface area contributed by atoms with Gasteiger partial charge in [-0.05, 0) is 30.9 Å². The third-order valence-electron chi connectivity index (χ3n) is 2.99. The third kappa shape index (κ3) is 2.25. The lowest BCUT2D eigenvalue weighted by molar-refractivity contribution is -0.119. The summed E-state index contributed by atoms with van der Waals surface area (Å²) in [7, 11) is 0. The molecule has 0 aliphatic carbocycles. The summed E-state index contributed by atoms with van der Waals surface area (Å²) in [5, 5.41) is 9.00. The molecule has 0 bridgehead atoms. The van der Waals surface area contributed by atoms with Crippen molar-refractivity contribution in [3.8, 4) is 0 Å². The molecule has 2 rings (SSSR count). The van der Waals surface area contributed by atoms with Crippen LogP contribution in [0, 0.1) is 0 Å². The molecule has 1 saturated heterocycles. The number of hydrogen-bond acceptors (Lipinski definition) is 2. The fraction of sp³-hybridized carbons (Fsp3) is 0.462. The summed E-state index contributed by atoms with van der Waals surface area (Å²) in [6, 6.07) is 7.84. The van der Waals surface area contributed by atoms with Crippen LogP contribution in [-0.4, -0.2) is 24.2 Å². The molecule has 1 aromatic rings. The molecule has 0 saturated carbocycles. The Morgan fingerprint density at radius 3 is 2.81 bits per heavy atom. The minimum atomic E-state index is 0.124. The number of hydrogen-bond donors (Lipinski definition) is 1. The Balaban J connectivity index is 2.27. The molecule has 0 unspecified atom stereocenters. The molecule has 3 heteroatoms. The minimum absolute atomic E-state index is 0.124. The van der Waals surface area contributed by atoms with E-state index in [9.17, 15) is 4.79 Å². The molecule has 0 radical (unpaired) electrons. The number of carbonyl (C=O) groups is 1. The van der Waals surface area contributed by atoms with E-state index < -0.39 is 0 Å². The van der Waals surface area contributed by atoms with Gasteiger partial charge in [-0.2, -0.15) is 0 Å². The Labute approximate surface area is 95.7 Å². The Morgan fingerprint density at radius 2 is 2.06 bits per heavy atom. The van der Waals surface area contributed by atoms with Gasteiger partial charge in [-0.3, -0.25) is 4.79 Å². The van der Waals surface area contributed by atoms with E-state index in [-0.39, 0.29) is 12.5 Å². The fourth-order valence-corrected chi connectivity index (χ4v) is 2.17. The molecule has 1 heterocycles. The monoisotopic (exact) mass is 219 g/mol. The molecule has 1 N–H and O–H groups in total. The lowest BCUT2D eigenvalue weighted by Crippen LogP contribution is -2.35. The van der Waals surface area contributed by atoms with Crippen LogP contribution in [0.4, 0.5) is 5.69 Å². The van der Waals surface area contributed by atoms with Gasteiger partial charge in [0.25, 0.3) is 0 Å². The number of rotatable bonds is 3. The second kappa shape index (κ2) is 5.12. The third-order valence-corrected chi connectivity index (χ3v) is 2.99. The van der Waals surface area contributed by atoms with Crippen molar-refractivity contribution in [2.75, 3.05) is 18.1 Å². The van der Waals surface area contributed by atoms with Crippen LogP contribution >= 0.6 is 0 Å². The highest BCUT2D eigenvalue weighted by Crippen LogP contribution is 2.25. The smallest absolute Gasteiger partial charge is 0.226 e. The topological polar surface area (TPSA) is 40.5 Å². The van der Waals surface area contributed by atoms with Crippen LogP contribution in [0.2, 0.25) is 0 Å². The summed E-state index contributed by atoms with van der Waals surface area (Å²) in [5.74, 6) is 0.205. The van der Waals surface area contributed by atoms with E-state index in [1.165, 1.54) is 0 Å². The first-order chi connectivity index (χ1) is 7.83. The number of anilines is 1. The number of benzene rings is 1. The van der Waals surface area contributed by atoms with Gasteiger partial charge >= 0.3 is 0 Å². The van der Waals surface area contributed by atoms with E-state index >= 15 is 0 Å². The van der Waals surface area contributed by atoms with Crippen molar-refractivity contribution in [3.05, 3.63) is 29.8 Å². The van der Waals surface area contributed by atoms with Crippen molar-refractivity contribution >= 4 is 11.6 Å². The first kappa shape index (κ1) is 11.1. The second-order valence-electron chi connectivity index (χ2n) is 4.10. The van der Waals surface area contributed by atoms with Crippen molar-refractivity contribution in [1.82, 2.24) is 0 Å². The number of aliphatic hydroxyl groups is 1. The van der Waals surface area contributed by atoms with Gasteiger partial charge in [0.1, 0.15) is 0 Å². The quantitative estimate of drug-likeness (QED) is 0.841. The molecule has 1 aromatic carbocycles. The average Bonchev–Trinajstić information content (AvgIpc) is 2.31. The highest BCUT2D eigenvalue weighted by molar-refractivity contribution is 5.94. The van der Waals surface area contributed by atoms with Crippen LogP contribution in [-0.2, 0) is 11.2 Å². The minimum Gasteiger partial charge on any atom is -0.396 e.